The molecule has 5 rings (SSSR count). The van der Waals surface area contributed by atoms with Gasteiger partial charge in [0.1, 0.15) is 5.69 Å². The second-order valence-electron chi connectivity index (χ2n) is 6.60. The summed E-state index contributed by atoms with van der Waals surface area (Å²) in [5.41, 5.74) is 2.70. The van der Waals surface area contributed by atoms with E-state index in [2.05, 4.69) is 5.32 Å². The third-order valence-corrected chi connectivity index (χ3v) is 5.59. The number of thiophene rings is 1. The van der Waals surface area contributed by atoms with Gasteiger partial charge < -0.3 is 14.8 Å². The van der Waals surface area contributed by atoms with Crippen molar-refractivity contribution in [2.75, 3.05) is 12.1 Å². The number of fused-ring (bicyclic) bond motifs is 1. The van der Waals surface area contributed by atoms with E-state index in [4.69, 9.17) is 14.6 Å². The topological polar surface area (TPSA) is 65.4 Å². The lowest BCUT2D eigenvalue weighted by Crippen LogP contribution is -2.12. The lowest BCUT2D eigenvalue weighted by Gasteiger charge is -2.06. The first-order chi connectivity index (χ1) is 14.2. The van der Waals surface area contributed by atoms with Crippen molar-refractivity contribution >= 4 is 22.9 Å². The molecule has 0 atom stereocenters. The number of ether oxygens (including phenoxy) is 2. The molecule has 0 saturated heterocycles. The number of carbonyl (C=O) groups is 1. The normalized spacial score (nSPS) is 12.2. The molecule has 1 amide bonds. The highest BCUT2D eigenvalue weighted by atomic mass is 32.1. The minimum absolute atomic E-state index is 0.193. The van der Waals surface area contributed by atoms with Crippen LogP contribution in [0, 0.1) is 6.92 Å². The standard InChI is InChI=1S/C22H17N3O3S/c1-14-7-10-20(29-14)21-17(12-25(24-21)16-5-3-2-4-6-16)22(26)23-15-8-9-18-19(11-15)28-13-27-18/h2-12H,13H2,1H3,(H,23,26). The largest absolute Gasteiger partial charge is 0.454 e. The van der Waals surface area contributed by atoms with Crippen LogP contribution in [0.3, 0.4) is 0 Å². The van der Waals surface area contributed by atoms with E-state index in [1.54, 1.807) is 40.4 Å². The molecule has 144 valence electrons. The fraction of sp³-hybridized carbons (Fsp3) is 0.0909. The Balaban J connectivity index is 1.52. The highest BCUT2D eigenvalue weighted by Crippen LogP contribution is 2.35. The number of nitrogens with one attached hydrogen (secondary N) is 1. The Labute approximate surface area is 171 Å². The molecular weight excluding hydrogens is 386 g/mol. The van der Waals surface area contributed by atoms with Gasteiger partial charge in [-0.2, -0.15) is 5.10 Å². The van der Waals surface area contributed by atoms with Gasteiger partial charge >= 0.3 is 0 Å². The van der Waals surface area contributed by atoms with Crippen molar-refractivity contribution in [1.82, 2.24) is 9.78 Å². The highest BCUT2D eigenvalue weighted by Gasteiger charge is 2.21. The van der Waals surface area contributed by atoms with Gasteiger partial charge in [0.05, 0.1) is 16.1 Å². The van der Waals surface area contributed by atoms with Gasteiger partial charge in [0, 0.05) is 22.8 Å². The number of aromatic nitrogens is 2. The van der Waals surface area contributed by atoms with Crippen molar-refractivity contribution in [3.63, 3.8) is 0 Å². The third kappa shape index (κ3) is 3.36. The maximum Gasteiger partial charge on any atom is 0.259 e. The van der Waals surface area contributed by atoms with Crippen LogP contribution in [0.15, 0.2) is 66.9 Å². The van der Waals surface area contributed by atoms with Crippen LogP contribution in [0.25, 0.3) is 16.3 Å². The number of benzene rings is 2. The van der Waals surface area contributed by atoms with E-state index >= 15 is 0 Å². The van der Waals surface area contributed by atoms with Gasteiger partial charge in [0.15, 0.2) is 11.5 Å². The summed E-state index contributed by atoms with van der Waals surface area (Å²) >= 11 is 1.61. The monoisotopic (exact) mass is 403 g/mol. The zero-order valence-electron chi connectivity index (χ0n) is 15.6. The summed E-state index contributed by atoms with van der Waals surface area (Å²) in [6, 6.07) is 19.1. The maximum atomic E-state index is 13.1. The number of amides is 1. The maximum absolute atomic E-state index is 13.1. The Morgan fingerprint density at radius 1 is 1.07 bits per heavy atom. The predicted octanol–water partition coefficient (Wildman–Crippen LogP) is 4.89. The summed E-state index contributed by atoms with van der Waals surface area (Å²) < 4.78 is 12.5. The Morgan fingerprint density at radius 2 is 1.90 bits per heavy atom. The van der Waals surface area contributed by atoms with Crippen LogP contribution < -0.4 is 14.8 Å². The molecule has 4 aromatic rings. The number of rotatable bonds is 4. The molecule has 0 fully saturated rings. The van der Waals surface area contributed by atoms with Crippen LogP contribution in [-0.2, 0) is 0 Å². The summed E-state index contributed by atoms with van der Waals surface area (Å²) in [6.45, 7) is 2.23. The van der Waals surface area contributed by atoms with Crippen LogP contribution >= 0.6 is 11.3 Å². The van der Waals surface area contributed by atoms with E-state index in [0.29, 0.717) is 28.4 Å². The molecule has 1 aliphatic heterocycles. The van der Waals surface area contributed by atoms with Gasteiger partial charge in [-0.15, -0.1) is 11.3 Å². The minimum Gasteiger partial charge on any atom is -0.454 e. The molecule has 0 radical (unpaired) electrons. The van der Waals surface area contributed by atoms with Crippen LogP contribution in [-0.4, -0.2) is 22.5 Å². The molecular formula is C22H17N3O3S. The van der Waals surface area contributed by atoms with Crippen molar-refractivity contribution < 1.29 is 14.3 Å². The fourth-order valence-corrected chi connectivity index (χ4v) is 4.04. The SMILES string of the molecule is Cc1ccc(-c2nn(-c3ccccc3)cc2C(=O)Nc2ccc3c(c2)OCO3)s1. The molecule has 1 N–H and O–H groups in total. The average molecular weight is 403 g/mol. The molecule has 0 unspecified atom stereocenters. The van der Waals surface area contributed by atoms with E-state index in [0.717, 1.165) is 15.4 Å². The number of carbonyl (C=O) groups excluding carboxylic acids is 1. The first-order valence-electron chi connectivity index (χ1n) is 9.10. The van der Waals surface area contributed by atoms with Gasteiger partial charge in [-0.05, 0) is 43.3 Å². The number of aryl methyl sites for hydroxylation is 1. The first-order valence-corrected chi connectivity index (χ1v) is 9.92. The van der Waals surface area contributed by atoms with Crippen molar-refractivity contribution in [3.05, 3.63) is 77.3 Å². The zero-order chi connectivity index (χ0) is 19.8. The highest BCUT2D eigenvalue weighted by molar-refractivity contribution is 7.15. The summed E-state index contributed by atoms with van der Waals surface area (Å²) in [4.78, 5) is 15.2. The van der Waals surface area contributed by atoms with E-state index < -0.39 is 0 Å². The average Bonchev–Trinajstić information content (AvgIpc) is 3.47. The quantitative estimate of drug-likeness (QED) is 0.527. The number of nitrogens with zero attached hydrogens (tertiary/aromatic N) is 2. The second kappa shape index (κ2) is 7.10. The molecule has 6 nitrogen and oxygen atoms in total. The zero-order valence-corrected chi connectivity index (χ0v) is 16.4. The summed E-state index contributed by atoms with van der Waals surface area (Å²) in [6.07, 6.45) is 1.77. The number of anilines is 1. The van der Waals surface area contributed by atoms with E-state index in [1.807, 2.05) is 49.4 Å². The van der Waals surface area contributed by atoms with Gasteiger partial charge in [0.25, 0.3) is 5.91 Å². The molecule has 0 aliphatic carbocycles. The van der Waals surface area contributed by atoms with E-state index in [9.17, 15) is 4.79 Å². The Bertz CT molecular complexity index is 1200. The Kier molecular flexibility index (Phi) is 4.29. The lowest BCUT2D eigenvalue weighted by atomic mass is 10.2. The van der Waals surface area contributed by atoms with E-state index in [-0.39, 0.29) is 12.7 Å². The molecule has 2 aromatic heterocycles. The van der Waals surface area contributed by atoms with Gasteiger partial charge in [-0.1, -0.05) is 18.2 Å². The third-order valence-electron chi connectivity index (χ3n) is 4.58. The second-order valence-corrected chi connectivity index (χ2v) is 7.89. The van der Waals surface area contributed by atoms with Crippen molar-refractivity contribution in [3.8, 4) is 27.8 Å². The predicted molar refractivity (Wildman–Crippen MR) is 112 cm³/mol. The van der Waals surface area contributed by atoms with Gasteiger partial charge in [0.2, 0.25) is 6.79 Å². The number of para-hydroxylation sites is 1. The van der Waals surface area contributed by atoms with Gasteiger partial charge in [-0.3, -0.25) is 4.79 Å². The lowest BCUT2D eigenvalue weighted by molar-refractivity contribution is 0.102. The summed E-state index contributed by atoms with van der Waals surface area (Å²) in [7, 11) is 0. The van der Waals surface area contributed by atoms with Crippen LogP contribution in [0.5, 0.6) is 11.5 Å². The van der Waals surface area contributed by atoms with E-state index in [1.165, 1.54) is 0 Å². The summed E-state index contributed by atoms with van der Waals surface area (Å²) in [5.74, 6) is 1.07. The number of hydrogen-bond acceptors (Lipinski definition) is 5. The molecule has 1 aliphatic rings. The minimum atomic E-state index is -0.230. The smallest absolute Gasteiger partial charge is 0.259 e. The molecule has 0 bridgehead atoms. The van der Waals surface area contributed by atoms with Crippen molar-refractivity contribution in [2.24, 2.45) is 0 Å². The molecule has 0 spiro atoms. The molecule has 29 heavy (non-hydrogen) atoms. The molecule has 7 heteroatoms. The van der Waals surface area contributed by atoms with Crippen molar-refractivity contribution in [2.45, 2.75) is 6.92 Å². The summed E-state index contributed by atoms with van der Waals surface area (Å²) in [5, 5.41) is 7.65. The van der Waals surface area contributed by atoms with Crippen LogP contribution in [0.1, 0.15) is 15.2 Å². The first kappa shape index (κ1) is 17.5. The fourth-order valence-electron chi connectivity index (χ4n) is 3.17. The van der Waals surface area contributed by atoms with Crippen LogP contribution in [0.4, 0.5) is 5.69 Å². The Morgan fingerprint density at radius 3 is 2.69 bits per heavy atom. The Hall–Kier alpha value is -3.58. The van der Waals surface area contributed by atoms with Crippen LogP contribution in [0.2, 0.25) is 0 Å². The molecule has 2 aromatic carbocycles. The number of hydrogen-bond donors (Lipinski definition) is 1. The molecule has 3 heterocycles. The van der Waals surface area contributed by atoms with Crippen molar-refractivity contribution in [1.29, 1.82) is 0 Å². The molecule has 0 saturated carbocycles. The van der Waals surface area contributed by atoms with Gasteiger partial charge in [-0.25, -0.2) is 4.68 Å².